The van der Waals surface area contributed by atoms with Crippen LogP contribution < -0.4 is 15.0 Å². The Balaban J connectivity index is 2.31. The first kappa shape index (κ1) is 14.2. The van der Waals surface area contributed by atoms with Crippen LogP contribution in [0.3, 0.4) is 0 Å². The Morgan fingerprint density at radius 2 is 2.05 bits per heavy atom. The lowest BCUT2D eigenvalue weighted by Crippen LogP contribution is -2.61. The monoisotopic (exact) mass is 262 g/mol. The van der Waals surface area contributed by atoms with Crippen LogP contribution in [-0.4, -0.2) is 31.3 Å². The minimum absolute atomic E-state index is 0.144. The van der Waals surface area contributed by atoms with Crippen LogP contribution in [0.4, 0.5) is 5.69 Å². The largest absolute Gasteiger partial charge is 0.492 e. The number of ether oxygens (including phenoxy) is 1. The van der Waals surface area contributed by atoms with E-state index in [4.69, 9.17) is 4.74 Å². The van der Waals surface area contributed by atoms with Crippen molar-refractivity contribution in [1.29, 1.82) is 0 Å². The summed E-state index contributed by atoms with van der Waals surface area (Å²) in [5.74, 6) is 1.00. The molecule has 1 heterocycles. The van der Waals surface area contributed by atoms with Crippen molar-refractivity contribution >= 4 is 5.69 Å². The van der Waals surface area contributed by atoms with Crippen molar-refractivity contribution in [1.82, 2.24) is 5.32 Å². The lowest BCUT2D eigenvalue weighted by atomic mass is 9.96. The number of benzene rings is 1. The fourth-order valence-electron chi connectivity index (χ4n) is 2.73. The van der Waals surface area contributed by atoms with Crippen LogP contribution >= 0.6 is 0 Å². The lowest BCUT2D eigenvalue weighted by Gasteiger charge is -2.46. The zero-order chi connectivity index (χ0) is 13.9. The van der Waals surface area contributed by atoms with Gasteiger partial charge in [-0.15, -0.1) is 0 Å². The van der Waals surface area contributed by atoms with Crippen LogP contribution in [0.25, 0.3) is 0 Å². The summed E-state index contributed by atoms with van der Waals surface area (Å²) in [4.78, 5) is 2.50. The van der Waals surface area contributed by atoms with Crippen LogP contribution in [0.15, 0.2) is 24.3 Å². The highest BCUT2D eigenvalue weighted by molar-refractivity contribution is 5.60. The highest BCUT2D eigenvalue weighted by Crippen LogP contribution is 2.32. The standard InChI is InChI=1S/C16H26N2O/c1-5-13-11-17-16(3,4)12-18(13)14-9-7-8-10-15(14)19-6-2/h7-10,13,17H,5-6,11-12H2,1-4H3. The molecule has 1 aromatic carbocycles. The number of nitrogens with zero attached hydrogens (tertiary/aromatic N) is 1. The van der Waals surface area contributed by atoms with E-state index in [9.17, 15) is 0 Å². The fourth-order valence-corrected chi connectivity index (χ4v) is 2.73. The summed E-state index contributed by atoms with van der Waals surface area (Å²) in [7, 11) is 0. The van der Waals surface area contributed by atoms with Gasteiger partial charge < -0.3 is 15.0 Å². The molecule has 1 fully saturated rings. The third kappa shape index (κ3) is 3.21. The molecule has 3 heteroatoms. The van der Waals surface area contributed by atoms with Crippen LogP contribution in [0.2, 0.25) is 0 Å². The third-order valence-corrected chi connectivity index (χ3v) is 3.77. The highest BCUT2D eigenvalue weighted by atomic mass is 16.5. The normalized spacial score (nSPS) is 22.3. The van der Waals surface area contributed by atoms with Gasteiger partial charge in [0, 0.05) is 24.7 Å². The van der Waals surface area contributed by atoms with Gasteiger partial charge in [0.2, 0.25) is 0 Å². The van der Waals surface area contributed by atoms with E-state index in [1.54, 1.807) is 0 Å². The van der Waals surface area contributed by atoms with Gasteiger partial charge in [-0.1, -0.05) is 19.1 Å². The van der Waals surface area contributed by atoms with E-state index in [1.807, 2.05) is 13.0 Å². The quantitative estimate of drug-likeness (QED) is 0.902. The Morgan fingerprint density at radius 1 is 1.32 bits per heavy atom. The van der Waals surface area contributed by atoms with Gasteiger partial charge in [-0.05, 0) is 39.3 Å². The molecule has 1 N–H and O–H groups in total. The molecule has 1 aliphatic rings. The van der Waals surface area contributed by atoms with E-state index >= 15 is 0 Å². The molecule has 0 amide bonds. The predicted octanol–water partition coefficient (Wildman–Crippen LogP) is 3.05. The smallest absolute Gasteiger partial charge is 0.142 e. The number of piperazine rings is 1. The lowest BCUT2D eigenvalue weighted by molar-refractivity contribution is 0.299. The van der Waals surface area contributed by atoms with Crippen LogP contribution in [0.5, 0.6) is 5.75 Å². The number of hydrogen-bond acceptors (Lipinski definition) is 3. The van der Waals surface area contributed by atoms with Crippen LogP contribution in [0, 0.1) is 0 Å². The van der Waals surface area contributed by atoms with E-state index in [-0.39, 0.29) is 5.54 Å². The number of para-hydroxylation sites is 2. The van der Waals surface area contributed by atoms with Crippen molar-refractivity contribution < 1.29 is 4.74 Å². The summed E-state index contributed by atoms with van der Waals surface area (Å²) in [5.41, 5.74) is 1.37. The van der Waals surface area contributed by atoms with Gasteiger partial charge in [0.05, 0.1) is 12.3 Å². The molecule has 0 bridgehead atoms. The van der Waals surface area contributed by atoms with E-state index in [1.165, 1.54) is 5.69 Å². The summed E-state index contributed by atoms with van der Waals surface area (Å²) in [6.45, 7) is 11.6. The maximum atomic E-state index is 5.79. The van der Waals surface area contributed by atoms with Gasteiger partial charge in [0.15, 0.2) is 0 Å². The Labute approximate surface area is 116 Å². The zero-order valence-corrected chi connectivity index (χ0v) is 12.6. The van der Waals surface area contributed by atoms with E-state index in [0.29, 0.717) is 12.6 Å². The van der Waals surface area contributed by atoms with Crippen molar-refractivity contribution in [2.24, 2.45) is 0 Å². The number of anilines is 1. The maximum Gasteiger partial charge on any atom is 0.142 e. The summed E-state index contributed by atoms with van der Waals surface area (Å²) >= 11 is 0. The molecule has 3 nitrogen and oxygen atoms in total. The molecule has 1 unspecified atom stereocenters. The molecule has 106 valence electrons. The second kappa shape index (κ2) is 5.83. The molecule has 0 aromatic heterocycles. The first-order valence-corrected chi connectivity index (χ1v) is 7.31. The van der Waals surface area contributed by atoms with Gasteiger partial charge >= 0.3 is 0 Å². The van der Waals surface area contributed by atoms with Crippen molar-refractivity contribution in [2.75, 3.05) is 24.6 Å². The van der Waals surface area contributed by atoms with Gasteiger partial charge in [-0.2, -0.15) is 0 Å². The van der Waals surface area contributed by atoms with Gasteiger partial charge in [0.1, 0.15) is 5.75 Å². The zero-order valence-electron chi connectivity index (χ0n) is 12.6. The van der Waals surface area contributed by atoms with Crippen LogP contribution in [0.1, 0.15) is 34.1 Å². The molecule has 1 aliphatic heterocycles. The highest BCUT2D eigenvalue weighted by Gasteiger charge is 2.32. The SMILES string of the molecule is CCOc1ccccc1N1CC(C)(C)NCC1CC. The van der Waals surface area contributed by atoms with E-state index in [0.717, 1.165) is 25.3 Å². The van der Waals surface area contributed by atoms with Crippen LogP contribution in [-0.2, 0) is 0 Å². The first-order chi connectivity index (χ1) is 9.07. The number of hydrogen-bond donors (Lipinski definition) is 1. The molecule has 19 heavy (non-hydrogen) atoms. The van der Waals surface area contributed by atoms with Crippen molar-refractivity contribution in [3.8, 4) is 5.75 Å². The predicted molar refractivity (Wildman–Crippen MR) is 81.1 cm³/mol. The van der Waals surface area contributed by atoms with Crippen molar-refractivity contribution in [3.05, 3.63) is 24.3 Å². The number of nitrogens with one attached hydrogen (secondary N) is 1. The molecule has 0 spiro atoms. The topological polar surface area (TPSA) is 24.5 Å². The molecule has 1 atom stereocenters. The summed E-state index contributed by atoms with van der Waals surface area (Å²) in [6.07, 6.45) is 1.14. The molecule has 0 saturated carbocycles. The first-order valence-electron chi connectivity index (χ1n) is 7.31. The fraction of sp³-hybridized carbons (Fsp3) is 0.625. The second-order valence-electron chi connectivity index (χ2n) is 5.86. The average Bonchev–Trinajstić information content (AvgIpc) is 2.39. The van der Waals surface area contributed by atoms with Gasteiger partial charge in [-0.25, -0.2) is 0 Å². The second-order valence-corrected chi connectivity index (χ2v) is 5.86. The minimum Gasteiger partial charge on any atom is -0.492 e. The van der Waals surface area contributed by atoms with Crippen molar-refractivity contribution in [3.63, 3.8) is 0 Å². The maximum absolute atomic E-state index is 5.79. The Bertz CT molecular complexity index is 417. The third-order valence-electron chi connectivity index (χ3n) is 3.77. The molecule has 1 aromatic rings. The summed E-state index contributed by atoms with van der Waals surface area (Å²) in [5, 5.41) is 3.63. The summed E-state index contributed by atoms with van der Waals surface area (Å²) in [6, 6.07) is 8.92. The van der Waals surface area contributed by atoms with Gasteiger partial charge in [-0.3, -0.25) is 0 Å². The van der Waals surface area contributed by atoms with Crippen molar-refractivity contribution in [2.45, 2.75) is 45.7 Å². The molecule has 0 aliphatic carbocycles. The Morgan fingerprint density at radius 3 is 2.74 bits per heavy atom. The molecule has 2 rings (SSSR count). The van der Waals surface area contributed by atoms with E-state index < -0.39 is 0 Å². The average molecular weight is 262 g/mol. The Hall–Kier alpha value is -1.22. The van der Waals surface area contributed by atoms with Gasteiger partial charge in [0.25, 0.3) is 0 Å². The number of rotatable bonds is 4. The Kier molecular flexibility index (Phi) is 4.35. The molecule has 1 saturated heterocycles. The summed E-state index contributed by atoms with van der Waals surface area (Å²) < 4.78 is 5.79. The molecule has 0 radical (unpaired) electrons. The minimum atomic E-state index is 0.144. The molecular formula is C16H26N2O. The van der Waals surface area contributed by atoms with E-state index in [2.05, 4.69) is 49.2 Å². The molecular weight excluding hydrogens is 236 g/mol.